The predicted molar refractivity (Wildman–Crippen MR) is 88.6 cm³/mol. The van der Waals surface area contributed by atoms with Gasteiger partial charge in [-0.25, -0.2) is 4.98 Å². The van der Waals surface area contributed by atoms with Gasteiger partial charge in [-0.3, -0.25) is 0 Å². The molecule has 1 aliphatic rings. The van der Waals surface area contributed by atoms with Crippen LogP contribution in [0.25, 0.3) is 0 Å². The SMILES string of the molecule is COc1ccccc1N1CCN(c2ncc(C#N)c(N)n2)CC1. The highest BCUT2D eigenvalue weighted by Gasteiger charge is 2.21. The van der Waals surface area contributed by atoms with Crippen LogP contribution >= 0.6 is 0 Å². The Bertz CT molecular complexity index is 734. The fraction of sp³-hybridized carbons (Fsp3) is 0.312. The Balaban J connectivity index is 1.71. The molecule has 7 heteroatoms. The van der Waals surface area contributed by atoms with Crippen LogP contribution in [0, 0.1) is 11.3 Å². The third-order valence-electron chi connectivity index (χ3n) is 3.91. The molecule has 0 bridgehead atoms. The largest absolute Gasteiger partial charge is 0.495 e. The van der Waals surface area contributed by atoms with E-state index in [1.54, 1.807) is 7.11 Å². The molecule has 1 aliphatic heterocycles. The van der Waals surface area contributed by atoms with Gasteiger partial charge in [-0.1, -0.05) is 12.1 Å². The van der Waals surface area contributed by atoms with Gasteiger partial charge in [0.15, 0.2) is 0 Å². The minimum atomic E-state index is 0.227. The number of rotatable bonds is 3. The number of nitrogens with zero attached hydrogens (tertiary/aromatic N) is 5. The van der Waals surface area contributed by atoms with Crippen molar-refractivity contribution in [3.8, 4) is 11.8 Å². The summed E-state index contributed by atoms with van der Waals surface area (Å²) >= 11 is 0. The molecule has 0 saturated carbocycles. The standard InChI is InChI=1S/C16H18N6O/c1-23-14-5-3-2-4-13(14)21-6-8-22(9-7-21)16-19-11-12(10-17)15(18)20-16/h2-5,11H,6-9H2,1H3,(H2,18,19,20). The second-order valence-electron chi connectivity index (χ2n) is 5.23. The van der Waals surface area contributed by atoms with Gasteiger partial charge in [-0.2, -0.15) is 10.2 Å². The van der Waals surface area contributed by atoms with Crippen molar-refractivity contribution in [2.24, 2.45) is 0 Å². The number of nitrogens with two attached hydrogens (primary N) is 1. The smallest absolute Gasteiger partial charge is 0.227 e. The van der Waals surface area contributed by atoms with Crippen LogP contribution in [0.1, 0.15) is 5.56 Å². The summed E-state index contributed by atoms with van der Waals surface area (Å²) in [4.78, 5) is 12.8. The average Bonchev–Trinajstić information content (AvgIpc) is 2.61. The zero-order chi connectivity index (χ0) is 16.2. The highest BCUT2D eigenvalue weighted by Crippen LogP contribution is 2.28. The molecule has 0 spiro atoms. The Labute approximate surface area is 134 Å². The molecule has 0 atom stereocenters. The first-order valence-corrected chi connectivity index (χ1v) is 7.38. The molecule has 0 radical (unpaired) electrons. The molecule has 118 valence electrons. The molecule has 1 saturated heterocycles. The van der Waals surface area contributed by atoms with Crippen molar-refractivity contribution in [3.05, 3.63) is 36.0 Å². The summed E-state index contributed by atoms with van der Waals surface area (Å²) in [6.07, 6.45) is 1.48. The van der Waals surface area contributed by atoms with Crippen LogP contribution in [0.5, 0.6) is 5.75 Å². The number of aromatic nitrogens is 2. The third-order valence-corrected chi connectivity index (χ3v) is 3.91. The van der Waals surface area contributed by atoms with Crippen molar-refractivity contribution in [2.45, 2.75) is 0 Å². The first-order chi connectivity index (χ1) is 11.2. The van der Waals surface area contributed by atoms with E-state index in [9.17, 15) is 0 Å². The number of hydrogen-bond acceptors (Lipinski definition) is 7. The highest BCUT2D eigenvalue weighted by molar-refractivity contribution is 5.59. The van der Waals surface area contributed by atoms with Gasteiger partial charge in [-0.15, -0.1) is 0 Å². The average molecular weight is 310 g/mol. The first-order valence-electron chi connectivity index (χ1n) is 7.38. The summed E-state index contributed by atoms with van der Waals surface area (Å²) in [5, 5.41) is 8.89. The van der Waals surface area contributed by atoms with Gasteiger partial charge >= 0.3 is 0 Å². The maximum atomic E-state index is 8.89. The van der Waals surface area contributed by atoms with E-state index >= 15 is 0 Å². The van der Waals surface area contributed by atoms with Crippen LogP contribution in [0.2, 0.25) is 0 Å². The van der Waals surface area contributed by atoms with Crippen LogP contribution in [-0.2, 0) is 0 Å². The van der Waals surface area contributed by atoms with Crippen LogP contribution in [0.15, 0.2) is 30.5 Å². The third kappa shape index (κ3) is 2.97. The van der Waals surface area contributed by atoms with Gasteiger partial charge in [0.1, 0.15) is 23.2 Å². The first kappa shape index (κ1) is 14.9. The molecule has 0 unspecified atom stereocenters. The van der Waals surface area contributed by atoms with E-state index in [0.29, 0.717) is 11.5 Å². The molecule has 0 aliphatic carbocycles. The van der Waals surface area contributed by atoms with Crippen LogP contribution in [0.3, 0.4) is 0 Å². The molecule has 23 heavy (non-hydrogen) atoms. The lowest BCUT2D eigenvalue weighted by Crippen LogP contribution is -2.47. The summed E-state index contributed by atoms with van der Waals surface area (Å²) in [6.45, 7) is 3.24. The molecule has 0 amide bonds. The number of benzene rings is 1. The van der Waals surface area contributed by atoms with E-state index in [4.69, 9.17) is 15.7 Å². The molecule has 1 fully saturated rings. The van der Waals surface area contributed by atoms with Crippen molar-refractivity contribution in [1.29, 1.82) is 5.26 Å². The maximum absolute atomic E-state index is 8.89. The zero-order valence-corrected chi connectivity index (χ0v) is 12.9. The summed E-state index contributed by atoms with van der Waals surface area (Å²) < 4.78 is 5.42. The Morgan fingerprint density at radius 3 is 2.52 bits per heavy atom. The Kier molecular flexibility index (Phi) is 4.15. The monoisotopic (exact) mass is 310 g/mol. The number of ether oxygens (including phenoxy) is 1. The van der Waals surface area contributed by atoms with E-state index in [1.807, 2.05) is 24.3 Å². The Hall–Kier alpha value is -3.01. The van der Waals surface area contributed by atoms with Crippen molar-refractivity contribution in [2.75, 3.05) is 48.8 Å². The number of hydrogen-bond donors (Lipinski definition) is 1. The number of para-hydroxylation sites is 2. The molecule has 7 nitrogen and oxygen atoms in total. The van der Waals surface area contributed by atoms with Gasteiger partial charge in [0.25, 0.3) is 0 Å². The Morgan fingerprint density at radius 1 is 1.17 bits per heavy atom. The quantitative estimate of drug-likeness (QED) is 0.912. The summed E-state index contributed by atoms with van der Waals surface area (Å²) in [7, 11) is 1.68. The molecular weight excluding hydrogens is 292 g/mol. The molecule has 2 N–H and O–H groups in total. The van der Waals surface area contributed by atoms with Crippen molar-refractivity contribution in [3.63, 3.8) is 0 Å². The molecule has 3 rings (SSSR count). The van der Waals surface area contributed by atoms with Crippen LogP contribution in [-0.4, -0.2) is 43.3 Å². The van der Waals surface area contributed by atoms with Crippen molar-refractivity contribution >= 4 is 17.5 Å². The topological polar surface area (TPSA) is 91.3 Å². The minimum absolute atomic E-state index is 0.227. The molecule has 1 aromatic carbocycles. The molecule has 1 aromatic heterocycles. The second kappa shape index (κ2) is 6.40. The lowest BCUT2D eigenvalue weighted by Gasteiger charge is -2.36. The van der Waals surface area contributed by atoms with Crippen LogP contribution < -0.4 is 20.3 Å². The lowest BCUT2D eigenvalue weighted by molar-refractivity contribution is 0.413. The van der Waals surface area contributed by atoms with Crippen molar-refractivity contribution in [1.82, 2.24) is 9.97 Å². The van der Waals surface area contributed by atoms with Crippen molar-refractivity contribution < 1.29 is 4.74 Å². The van der Waals surface area contributed by atoms with Gasteiger partial charge in [0, 0.05) is 26.2 Å². The number of nitrogen functional groups attached to an aromatic ring is 1. The van der Waals surface area contributed by atoms with E-state index < -0.39 is 0 Å². The minimum Gasteiger partial charge on any atom is -0.495 e. The fourth-order valence-electron chi connectivity index (χ4n) is 2.66. The van der Waals surface area contributed by atoms with E-state index in [0.717, 1.165) is 37.6 Å². The second-order valence-corrected chi connectivity index (χ2v) is 5.23. The number of anilines is 3. The number of methoxy groups -OCH3 is 1. The Morgan fingerprint density at radius 2 is 1.87 bits per heavy atom. The fourth-order valence-corrected chi connectivity index (χ4v) is 2.66. The van der Waals surface area contributed by atoms with E-state index in [-0.39, 0.29) is 5.82 Å². The predicted octanol–water partition coefficient (Wildman–Crippen LogP) is 1.27. The van der Waals surface area contributed by atoms with E-state index in [2.05, 4.69) is 25.8 Å². The van der Waals surface area contributed by atoms with E-state index in [1.165, 1.54) is 6.20 Å². The lowest BCUT2D eigenvalue weighted by atomic mass is 10.2. The molecule has 2 aromatic rings. The van der Waals surface area contributed by atoms with Crippen LogP contribution in [0.4, 0.5) is 17.5 Å². The maximum Gasteiger partial charge on any atom is 0.227 e. The van der Waals surface area contributed by atoms with Gasteiger partial charge in [0.2, 0.25) is 5.95 Å². The summed E-state index contributed by atoms with van der Waals surface area (Å²) in [6, 6.07) is 9.97. The summed E-state index contributed by atoms with van der Waals surface area (Å²) in [5.74, 6) is 1.67. The summed E-state index contributed by atoms with van der Waals surface area (Å²) in [5.41, 5.74) is 7.17. The van der Waals surface area contributed by atoms with Gasteiger partial charge in [-0.05, 0) is 12.1 Å². The molecular formula is C16H18N6O. The molecule has 2 heterocycles. The number of nitriles is 1. The van der Waals surface area contributed by atoms with Gasteiger partial charge < -0.3 is 20.3 Å². The zero-order valence-electron chi connectivity index (χ0n) is 12.9. The highest BCUT2D eigenvalue weighted by atomic mass is 16.5. The van der Waals surface area contributed by atoms with Gasteiger partial charge in [0.05, 0.1) is 19.0 Å². The normalized spacial score (nSPS) is 14.4. The number of piperazine rings is 1.